The number of hydrogen-bond donors (Lipinski definition) is 0. The summed E-state index contributed by atoms with van der Waals surface area (Å²) in [5, 5.41) is 7.62. The Labute approximate surface area is 393 Å². The molecule has 3 heteroatoms. The maximum absolute atomic E-state index is 2.42. The fourth-order valence-electron chi connectivity index (χ4n) is 10.3. The van der Waals surface area contributed by atoms with Crippen LogP contribution in [0.3, 0.4) is 0 Å². The third kappa shape index (κ3) is 6.71. The van der Waals surface area contributed by atoms with Gasteiger partial charge in [0.2, 0.25) is 0 Å². The molecule has 0 saturated heterocycles. The smallest absolute Gasteiger partial charge is 0.0541 e. The molecule has 67 heavy (non-hydrogen) atoms. The van der Waals surface area contributed by atoms with Gasteiger partial charge < -0.3 is 9.47 Å². The van der Waals surface area contributed by atoms with Gasteiger partial charge in [0, 0.05) is 53.4 Å². The highest BCUT2D eigenvalue weighted by molar-refractivity contribution is 7.25. The molecule has 2 heterocycles. The maximum Gasteiger partial charge on any atom is 0.0541 e. The number of fused-ring (bicyclic) bond motifs is 7. The molecular weight excluding hydrogens is 829 g/mol. The second-order valence-corrected chi connectivity index (χ2v) is 18.3. The number of rotatable bonds is 8. The molecule has 0 N–H and O–H groups in total. The van der Waals surface area contributed by atoms with Gasteiger partial charge in [-0.05, 0) is 117 Å². The van der Waals surface area contributed by atoms with Crippen molar-refractivity contribution in [3.8, 4) is 50.2 Å². The van der Waals surface area contributed by atoms with Crippen molar-refractivity contribution in [3.05, 3.63) is 255 Å². The Morgan fingerprint density at radius 2 is 0.821 bits per heavy atom. The summed E-state index contributed by atoms with van der Waals surface area (Å²) in [6.07, 6.45) is 0. The summed E-state index contributed by atoms with van der Waals surface area (Å²) in [4.78, 5) is 2.42. The average Bonchev–Trinajstić information content (AvgIpc) is 3.95. The Morgan fingerprint density at radius 1 is 0.299 bits per heavy atom. The minimum Gasteiger partial charge on any atom is -0.310 e. The Morgan fingerprint density at radius 3 is 1.60 bits per heavy atom. The van der Waals surface area contributed by atoms with Gasteiger partial charge in [0.05, 0.1) is 22.4 Å². The Bertz CT molecular complexity index is 3930. The largest absolute Gasteiger partial charge is 0.310 e. The second-order valence-electron chi connectivity index (χ2n) is 17.2. The summed E-state index contributed by atoms with van der Waals surface area (Å²) in [5.41, 5.74) is 16.4. The Kier molecular flexibility index (Phi) is 9.40. The van der Waals surface area contributed by atoms with Gasteiger partial charge in [0.25, 0.3) is 0 Å². The summed E-state index contributed by atoms with van der Waals surface area (Å²) in [6.45, 7) is 0. The number of anilines is 3. The highest BCUT2D eigenvalue weighted by Crippen LogP contribution is 2.45. The van der Waals surface area contributed by atoms with Crippen LogP contribution in [-0.2, 0) is 0 Å². The second kappa shape index (κ2) is 16.2. The third-order valence-electron chi connectivity index (χ3n) is 13.4. The fraction of sp³-hybridized carbons (Fsp3) is 0. The standard InChI is InChI=1S/C64H42N2S/c1-2-19-51-44(15-1)16-14-25-52(51)47-18-13-17-46(41-47)43-31-36-49(37-32-43)65(59-26-8-4-21-54(59)48-35-40-64-58(42-48)57-24-7-12-30-63(57)67-64)50-38-33-45(34-39-50)53-20-3-9-27-60(53)66-61-28-10-5-22-55(61)56-23-6-11-29-62(56)66/h1-42H. The van der Waals surface area contributed by atoms with E-state index in [-0.39, 0.29) is 0 Å². The minimum absolute atomic E-state index is 1.08. The first kappa shape index (κ1) is 38.9. The van der Waals surface area contributed by atoms with Crippen LogP contribution in [0.4, 0.5) is 17.1 Å². The molecule has 0 unspecified atom stereocenters. The Hall–Kier alpha value is -8.50. The lowest BCUT2D eigenvalue weighted by atomic mass is 9.95. The molecule has 0 radical (unpaired) electrons. The van der Waals surface area contributed by atoms with E-state index in [1.165, 1.54) is 91.7 Å². The van der Waals surface area contributed by atoms with Gasteiger partial charge in [-0.1, -0.05) is 182 Å². The number of thiophene rings is 1. The van der Waals surface area contributed by atoms with Crippen LogP contribution in [0.1, 0.15) is 0 Å². The van der Waals surface area contributed by atoms with E-state index in [0.29, 0.717) is 0 Å². The van der Waals surface area contributed by atoms with Crippen LogP contribution >= 0.6 is 11.3 Å². The number of aromatic nitrogens is 1. The molecule has 2 nitrogen and oxygen atoms in total. The van der Waals surface area contributed by atoms with E-state index < -0.39 is 0 Å². The summed E-state index contributed by atoms with van der Waals surface area (Å²) in [7, 11) is 0. The van der Waals surface area contributed by atoms with Gasteiger partial charge in [0.1, 0.15) is 0 Å². The van der Waals surface area contributed by atoms with Gasteiger partial charge in [-0.15, -0.1) is 11.3 Å². The highest BCUT2D eigenvalue weighted by Gasteiger charge is 2.20. The predicted octanol–water partition coefficient (Wildman–Crippen LogP) is 18.4. The van der Waals surface area contributed by atoms with Crippen LogP contribution in [0.15, 0.2) is 255 Å². The van der Waals surface area contributed by atoms with Crippen LogP contribution in [0.25, 0.3) is 103 Å². The first-order valence-electron chi connectivity index (χ1n) is 22.9. The van der Waals surface area contributed by atoms with Crippen molar-refractivity contribution in [1.82, 2.24) is 4.57 Å². The number of nitrogens with zero attached hydrogens (tertiary/aromatic N) is 2. The molecule has 0 atom stereocenters. The van der Waals surface area contributed by atoms with Crippen LogP contribution in [-0.4, -0.2) is 4.57 Å². The molecule has 11 aromatic carbocycles. The summed E-state index contributed by atoms with van der Waals surface area (Å²) in [6, 6.07) is 93.2. The monoisotopic (exact) mass is 870 g/mol. The summed E-state index contributed by atoms with van der Waals surface area (Å²) in [5.74, 6) is 0. The molecule has 0 bridgehead atoms. The number of para-hydroxylation sites is 4. The lowest BCUT2D eigenvalue weighted by molar-refractivity contribution is 1.18. The van der Waals surface area contributed by atoms with E-state index in [1.54, 1.807) is 0 Å². The van der Waals surface area contributed by atoms with Gasteiger partial charge >= 0.3 is 0 Å². The van der Waals surface area contributed by atoms with E-state index in [4.69, 9.17) is 0 Å². The van der Waals surface area contributed by atoms with E-state index >= 15 is 0 Å². The predicted molar refractivity (Wildman–Crippen MR) is 288 cm³/mol. The summed E-state index contributed by atoms with van der Waals surface area (Å²) < 4.78 is 5.03. The molecule has 0 aliphatic heterocycles. The van der Waals surface area contributed by atoms with E-state index in [9.17, 15) is 0 Å². The van der Waals surface area contributed by atoms with Crippen LogP contribution in [0, 0.1) is 0 Å². The lowest BCUT2D eigenvalue weighted by Crippen LogP contribution is -2.11. The van der Waals surface area contributed by atoms with Crippen molar-refractivity contribution < 1.29 is 0 Å². The van der Waals surface area contributed by atoms with Crippen LogP contribution in [0.2, 0.25) is 0 Å². The van der Waals surface area contributed by atoms with Crippen molar-refractivity contribution in [2.24, 2.45) is 0 Å². The number of benzene rings is 11. The lowest BCUT2D eigenvalue weighted by Gasteiger charge is -2.28. The maximum atomic E-state index is 2.42. The minimum atomic E-state index is 1.08. The first-order chi connectivity index (χ1) is 33.2. The van der Waals surface area contributed by atoms with Gasteiger partial charge in [-0.2, -0.15) is 0 Å². The average molecular weight is 871 g/mol. The molecule has 0 saturated carbocycles. The zero-order valence-electron chi connectivity index (χ0n) is 36.6. The van der Waals surface area contributed by atoms with Crippen molar-refractivity contribution in [2.75, 3.05) is 4.90 Å². The van der Waals surface area contributed by atoms with Gasteiger partial charge in [-0.3, -0.25) is 0 Å². The van der Waals surface area contributed by atoms with Crippen molar-refractivity contribution in [2.45, 2.75) is 0 Å². The normalized spacial score (nSPS) is 11.6. The molecule has 2 aromatic heterocycles. The molecule has 0 aliphatic carbocycles. The van der Waals surface area contributed by atoms with Crippen LogP contribution in [0.5, 0.6) is 0 Å². The third-order valence-corrected chi connectivity index (χ3v) is 14.6. The van der Waals surface area contributed by atoms with E-state index in [2.05, 4.69) is 264 Å². The molecular formula is C64H42N2S. The van der Waals surface area contributed by atoms with Crippen molar-refractivity contribution in [3.63, 3.8) is 0 Å². The highest BCUT2D eigenvalue weighted by atomic mass is 32.1. The molecule has 314 valence electrons. The molecule has 13 rings (SSSR count). The number of hydrogen-bond acceptors (Lipinski definition) is 2. The first-order valence-corrected chi connectivity index (χ1v) is 23.7. The fourth-order valence-corrected chi connectivity index (χ4v) is 11.4. The zero-order chi connectivity index (χ0) is 44.3. The van der Waals surface area contributed by atoms with Crippen molar-refractivity contribution in [1.29, 1.82) is 0 Å². The summed E-state index contributed by atoms with van der Waals surface area (Å²) >= 11 is 1.86. The molecule has 13 aromatic rings. The Balaban J connectivity index is 0.932. The quantitative estimate of drug-likeness (QED) is 0.148. The molecule has 0 fully saturated rings. The topological polar surface area (TPSA) is 8.17 Å². The molecule has 0 amide bonds. The molecule has 0 spiro atoms. The molecule has 0 aliphatic rings. The van der Waals surface area contributed by atoms with E-state index in [0.717, 1.165) is 28.3 Å². The van der Waals surface area contributed by atoms with Crippen LogP contribution < -0.4 is 4.90 Å². The van der Waals surface area contributed by atoms with Gasteiger partial charge in [-0.25, -0.2) is 0 Å². The van der Waals surface area contributed by atoms with E-state index in [1.807, 2.05) is 11.3 Å². The van der Waals surface area contributed by atoms with Crippen molar-refractivity contribution >= 4 is 81.1 Å². The van der Waals surface area contributed by atoms with Gasteiger partial charge in [0.15, 0.2) is 0 Å². The SMILES string of the molecule is c1cc(-c2ccc(N(c3ccc(-c4ccccc4-n4c5ccccc5c5ccccc54)cc3)c3ccccc3-c3ccc4sc5ccccc5c4c3)cc2)cc(-c2cccc3ccccc23)c1. The zero-order valence-corrected chi connectivity index (χ0v) is 37.4.